The van der Waals surface area contributed by atoms with Crippen molar-refractivity contribution < 1.29 is 0 Å². The number of nitrogens with two attached hydrogens (primary N) is 1. The van der Waals surface area contributed by atoms with Gasteiger partial charge in [0.1, 0.15) is 0 Å². The molecule has 0 aromatic rings. The molecule has 2 rings (SSSR count). The average molecular weight is 340 g/mol. The summed E-state index contributed by atoms with van der Waals surface area (Å²) in [5, 5.41) is 0. The van der Waals surface area contributed by atoms with Crippen molar-refractivity contribution in [2.24, 2.45) is 11.7 Å². The maximum absolute atomic E-state index is 6.13. The molecule has 25 heavy (non-hydrogen) atoms. The van der Waals surface area contributed by atoms with Gasteiger partial charge in [-0.05, 0) is 75.0 Å². The summed E-state index contributed by atoms with van der Waals surface area (Å²) >= 11 is 0. The summed E-state index contributed by atoms with van der Waals surface area (Å²) in [6, 6.07) is 0.402. The van der Waals surface area contributed by atoms with Gasteiger partial charge in [-0.1, -0.05) is 56.9 Å². The van der Waals surface area contributed by atoms with Gasteiger partial charge in [-0.2, -0.15) is 0 Å². The van der Waals surface area contributed by atoms with Crippen LogP contribution in [-0.4, -0.2) is 6.04 Å². The first-order valence-electron chi connectivity index (χ1n) is 10.5. The van der Waals surface area contributed by atoms with Crippen LogP contribution in [0.1, 0.15) is 85.0 Å². The van der Waals surface area contributed by atoms with E-state index in [0.717, 1.165) is 19.3 Å². The van der Waals surface area contributed by atoms with E-state index in [1.54, 1.807) is 11.1 Å². The Morgan fingerprint density at radius 3 is 2.52 bits per heavy atom. The van der Waals surface area contributed by atoms with Crippen LogP contribution in [0.3, 0.4) is 0 Å². The Morgan fingerprint density at radius 2 is 1.84 bits per heavy atom. The van der Waals surface area contributed by atoms with Crippen molar-refractivity contribution in [1.29, 1.82) is 0 Å². The summed E-state index contributed by atoms with van der Waals surface area (Å²) in [6.07, 6.45) is 21.1. The van der Waals surface area contributed by atoms with E-state index in [2.05, 4.69) is 50.8 Å². The van der Waals surface area contributed by atoms with E-state index in [9.17, 15) is 0 Å². The fourth-order valence-electron chi connectivity index (χ4n) is 4.21. The molecule has 0 aromatic heterocycles. The van der Waals surface area contributed by atoms with Crippen LogP contribution in [0.2, 0.25) is 0 Å². The second-order valence-electron chi connectivity index (χ2n) is 7.72. The lowest BCUT2D eigenvalue weighted by molar-refractivity contribution is 0.365. The van der Waals surface area contributed by atoms with Crippen molar-refractivity contribution >= 4 is 0 Å². The topological polar surface area (TPSA) is 26.0 Å². The maximum atomic E-state index is 6.13. The van der Waals surface area contributed by atoms with Gasteiger partial charge in [-0.3, -0.25) is 0 Å². The predicted molar refractivity (Wildman–Crippen MR) is 111 cm³/mol. The largest absolute Gasteiger partial charge is 0.328 e. The van der Waals surface area contributed by atoms with Crippen LogP contribution < -0.4 is 5.73 Å². The number of hydrogen-bond donors (Lipinski definition) is 1. The van der Waals surface area contributed by atoms with Crippen LogP contribution in [0.15, 0.2) is 52.3 Å². The Labute approximate surface area is 155 Å². The number of rotatable bonds is 8. The molecule has 0 amide bonds. The lowest BCUT2D eigenvalue weighted by Gasteiger charge is -2.29. The standard InChI is InChI=1S/C24H37N/c1-4-6-7-9-12-19(3)22(5-2)24-14-11-8-10-13-23(24)20-15-17-21(25)18-16-20/h8,10-11,14,20-21H,4-7,9,12,15-18,25H2,1-3H3/b22-19+. The molecule has 2 N–H and O–H groups in total. The van der Waals surface area contributed by atoms with Gasteiger partial charge < -0.3 is 5.73 Å². The predicted octanol–water partition coefficient (Wildman–Crippen LogP) is 6.78. The zero-order valence-electron chi connectivity index (χ0n) is 16.6. The highest BCUT2D eigenvalue weighted by Crippen LogP contribution is 2.38. The molecule has 1 fully saturated rings. The Kier molecular flexibility index (Phi) is 8.52. The summed E-state index contributed by atoms with van der Waals surface area (Å²) in [4.78, 5) is 0. The van der Waals surface area contributed by atoms with E-state index in [-0.39, 0.29) is 0 Å². The van der Waals surface area contributed by atoms with Crippen molar-refractivity contribution in [2.45, 2.75) is 91.0 Å². The zero-order valence-corrected chi connectivity index (χ0v) is 16.6. The second kappa shape index (κ2) is 10.6. The monoisotopic (exact) mass is 339 g/mol. The van der Waals surface area contributed by atoms with E-state index >= 15 is 0 Å². The lowest BCUT2D eigenvalue weighted by Crippen LogP contribution is -2.27. The SMILES string of the molecule is CCCCCC/C(C)=C(\CC)C1=CC=CC=C=C1C1CCC(N)CC1. The molecule has 0 unspecified atom stereocenters. The maximum Gasteiger partial charge on any atom is 0.00458 e. The molecule has 1 heteroatoms. The van der Waals surface area contributed by atoms with E-state index in [0.29, 0.717) is 12.0 Å². The summed E-state index contributed by atoms with van der Waals surface area (Å²) < 4.78 is 0. The van der Waals surface area contributed by atoms with Gasteiger partial charge in [-0.15, -0.1) is 5.73 Å². The van der Waals surface area contributed by atoms with Crippen molar-refractivity contribution in [3.63, 3.8) is 0 Å². The summed E-state index contributed by atoms with van der Waals surface area (Å²) in [5.74, 6) is 0.622. The van der Waals surface area contributed by atoms with Crippen LogP contribution in [0.4, 0.5) is 0 Å². The number of unbranched alkanes of at least 4 members (excludes halogenated alkanes) is 3. The second-order valence-corrected chi connectivity index (χ2v) is 7.72. The van der Waals surface area contributed by atoms with Crippen molar-refractivity contribution in [2.75, 3.05) is 0 Å². The number of hydrogen-bond acceptors (Lipinski definition) is 1. The van der Waals surface area contributed by atoms with Crippen LogP contribution >= 0.6 is 0 Å². The fraction of sp³-hybridized carbons (Fsp3) is 0.625. The lowest BCUT2D eigenvalue weighted by atomic mass is 9.77. The molecule has 0 radical (unpaired) electrons. The molecule has 138 valence electrons. The molecular weight excluding hydrogens is 302 g/mol. The van der Waals surface area contributed by atoms with Gasteiger partial charge >= 0.3 is 0 Å². The van der Waals surface area contributed by atoms with Crippen LogP contribution in [0.5, 0.6) is 0 Å². The Bertz CT molecular complexity index is 573. The van der Waals surface area contributed by atoms with Crippen molar-refractivity contribution in [3.8, 4) is 0 Å². The third kappa shape index (κ3) is 5.87. The minimum absolute atomic E-state index is 0.402. The molecular formula is C24H37N. The van der Waals surface area contributed by atoms with Crippen molar-refractivity contribution in [1.82, 2.24) is 0 Å². The molecule has 0 heterocycles. The van der Waals surface area contributed by atoms with Crippen LogP contribution in [0.25, 0.3) is 0 Å². The first-order chi connectivity index (χ1) is 12.2. The molecule has 2 aliphatic carbocycles. The third-order valence-corrected chi connectivity index (χ3v) is 5.78. The first kappa shape index (κ1) is 20.0. The molecule has 0 saturated heterocycles. The Hall–Kier alpha value is -1.30. The van der Waals surface area contributed by atoms with Gasteiger partial charge in [0.25, 0.3) is 0 Å². The van der Waals surface area contributed by atoms with Gasteiger partial charge in [0.2, 0.25) is 0 Å². The Morgan fingerprint density at radius 1 is 1.08 bits per heavy atom. The summed E-state index contributed by atoms with van der Waals surface area (Å²) in [6.45, 7) is 6.93. The van der Waals surface area contributed by atoms with E-state index in [1.165, 1.54) is 56.1 Å². The number of allylic oxidation sites excluding steroid dienone is 7. The van der Waals surface area contributed by atoms with Crippen LogP contribution in [0, 0.1) is 5.92 Å². The third-order valence-electron chi connectivity index (χ3n) is 5.78. The molecule has 0 spiro atoms. The molecule has 0 aliphatic heterocycles. The molecule has 0 aromatic carbocycles. The smallest absolute Gasteiger partial charge is 0.00458 e. The van der Waals surface area contributed by atoms with E-state index < -0.39 is 0 Å². The minimum Gasteiger partial charge on any atom is -0.328 e. The van der Waals surface area contributed by atoms with E-state index in [4.69, 9.17) is 5.73 Å². The highest BCUT2D eigenvalue weighted by Gasteiger charge is 2.25. The first-order valence-corrected chi connectivity index (χ1v) is 10.5. The Balaban J connectivity index is 2.20. The zero-order chi connectivity index (χ0) is 18.1. The summed E-state index contributed by atoms with van der Waals surface area (Å²) in [5.41, 5.74) is 15.8. The highest BCUT2D eigenvalue weighted by molar-refractivity contribution is 5.52. The van der Waals surface area contributed by atoms with Gasteiger partial charge in [0, 0.05) is 11.6 Å². The summed E-state index contributed by atoms with van der Waals surface area (Å²) in [7, 11) is 0. The van der Waals surface area contributed by atoms with Gasteiger partial charge in [-0.25, -0.2) is 0 Å². The average Bonchev–Trinajstić information content (AvgIpc) is 2.86. The molecule has 1 saturated carbocycles. The minimum atomic E-state index is 0.402. The molecule has 2 aliphatic rings. The fourth-order valence-corrected chi connectivity index (χ4v) is 4.21. The quantitative estimate of drug-likeness (QED) is 0.383. The molecule has 1 nitrogen and oxygen atoms in total. The van der Waals surface area contributed by atoms with Crippen LogP contribution in [-0.2, 0) is 0 Å². The molecule has 0 atom stereocenters. The highest BCUT2D eigenvalue weighted by atomic mass is 14.6. The van der Waals surface area contributed by atoms with E-state index in [1.807, 2.05) is 0 Å². The normalized spacial score (nSPS) is 24.5. The van der Waals surface area contributed by atoms with Gasteiger partial charge in [0.05, 0.1) is 0 Å². The van der Waals surface area contributed by atoms with Crippen molar-refractivity contribution in [3.05, 3.63) is 52.3 Å². The molecule has 0 bridgehead atoms. The van der Waals surface area contributed by atoms with Gasteiger partial charge in [0.15, 0.2) is 0 Å².